The fraction of sp³-hybridized carbons (Fsp3) is 0.688. The van der Waals surface area contributed by atoms with Gasteiger partial charge in [0.1, 0.15) is 11.4 Å². The molecule has 3 fully saturated rings. The molecule has 3 aliphatic carbocycles. The van der Waals surface area contributed by atoms with Crippen molar-refractivity contribution >= 4 is 33.6 Å². The van der Waals surface area contributed by atoms with Crippen LogP contribution in [-0.2, 0) is 20.7 Å². The Balaban J connectivity index is 1.43. The molecule has 1 aromatic heterocycles. The van der Waals surface area contributed by atoms with Crippen LogP contribution < -0.4 is 4.74 Å². The van der Waals surface area contributed by atoms with E-state index in [0.29, 0.717) is 36.0 Å². The number of carbonyl (C=O) groups is 3. The number of piperidine rings is 1. The van der Waals surface area contributed by atoms with Gasteiger partial charge >= 0.3 is 12.5 Å². The Labute approximate surface area is 259 Å². The van der Waals surface area contributed by atoms with Crippen molar-refractivity contribution in [1.82, 2.24) is 9.88 Å². The highest BCUT2D eigenvalue weighted by Gasteiger charge is 2.62. The lowest BCUT2D eigenvalue weighted by Crippen LogP contribution is -2.59. The van der Waals surface area contributed by atoms with Crippen LogP contribution in [0.2, 0.25) is 0 Å². The zero-order valence-corrected chi connectivity index (χ0v) is 27.2. The first kappa shape index (κ1) is 32.0. The molecule has 0 N–H and O–H groups in total. The number of carbonyl (C=O) groups excluding carboxylic acids is 3. The molecule has 1 amide bonds. The summed E-state index contributed by atoms with van der Waals surface area (Å²) in [5.41, 5.74) is -0.281. The number of alkyl halides is 3. The second-order valence-corrected chi connectivity index (χ2v) is 15.1. The number of likely N-dealkylation sites (tertiary alicyclic amines) is 1. The van der Waals surface area contributed by atoms with Gasteiger partial charge in [-0.1, -0.05) is 13.8 Å². The molecular formula is C32H40BrF3N2O5. The van der Waals surface area contributed by atoms with Gasteiger partial charge in [-0.2, -0.15) is 0 Å². The summed E-state index contributed by atoms with van der Waals surface area (Å²) in [6.07, 6.45) is 0.148. The number of halogens is 4. The van der Waals surface area contributed by atoms with Gasteiger partial charge in [-0.3, -0.25) is 14.5 Å². The van der Waals surface area contributed by atoms with Crippen molar-refractivity contribution in [2.75, 3.05) is 6.54 Å². The van der Waals surface area contributed by atoms with Gasteiger partial charge in [-0.25, -0.2) is 9.78 Å². The van der Waals surface area contributed by atoms with Crippen molar-refractivity contribution in [3.63, 3.8) is 0 Å². The fourth-order valence-corrected chi connectivity index (χ4v) is 8.92. The fourth-order valence-electron chi connectivity index (χ4n) is 8.56. The molecule has 6 atom stereocenters. The maximum Gasteiger partial charge on any atom is 0.574 e. The second-order valence-electron chi connectivity index (χ2n) is 14.3. The lowest BCUT2D eigenvalue weighted by molar-refractivity contribution is -0.276. The minimum Gasteiger partial charge on any atom is -0.443 e. The number of pyridine rings is 1. The number of aryl methyl sites for hydroxylation is 1. The lowest BCUT2D eigenvalue weighted by atomic mass is 9.49. The van der Waals surface area contributed by atoms with Crippen LogP contribution in [0.15, 0.2) is 22.3 Å². The molecule has 11 heteroatoms. The molecule has 7 nitrogen and oxygen atoms in total. The average Bonchev–Trinajstić information content (AvgIpc) is 3.22. The number of hydrogen-bond donors (Lipinski definition) is 0. The first-order valence-electron chi connectivity index (χ1n) is 15.0. The van der Waals surface area contributed by atoms with Gasteiger partial charge in [0.15, 0.2) is 5.78 Å². The maximum absolute atomic E-state index is 13.9. The zero-order chi connectivity index (χ0) is 31.7. The molecule has 5 rings (SSSR count). The van der Waals surface area contributed by atoms with Crippen LogP contribution in [0.1, 0.15) is 84.4 Å². The molecule has 0 bridgehead atoms. The van der Waals surface area contributed by atoms with E-state index in [1.54, 1.807) is 17.9 Å². The van der Waals surface area contributed by atoms with E-state index in [4.69, 9.17) is 4.74 Å². The molecule has 2 saturated carbocycles. The topological polar surface area (TPSA) is 85.8 Å². The third-order valence-electron chi connectivity index (χ3n) is 10.5. The molecule has 3 unspecified atom stereocenters. The monoisotopic (exact) mass is 668 g/mol. The summed E-state index contributed by atoms with van der Waals surface area (Å²) >= 11 is 3.33. The summed E-state index contributed by atoms with van der Waals surface area (Å²) in [6.45, 7) is 11.7. The summed E-state index contributed by atoms with van der Waals surface area (Å²) < 4.78 is 50.0. The quantitative estimate of drug-likeness (QED) is 0.327. The van der Waals surface area contributed by atoms with Gasteiger partial charge in [0.05, 0.1) is 5.69 Å². The predicted molar refractivity (Wildman–Crippen MR) is 156 cm³/mol. The van der Waals surface area contributed by atoms with E-state index in [2.05, 4.69) is 39.5 Å². The molecule has 1 aliphatic heterocycles. The van der Waals surface area contributed by atoms with Crippen molar-refractivity contribution in [2.45, 2.75) is 98.5 Å². The number of ether oxygens (including phenoxy) is 2. The molecule has 1 aromatic rings. The molecule has 1 saturated heterocycles. The summed E-state index contributed by atoms with van der Waals surface area (Å²) in [4.78, 5) is 45.6. The molecule has 0 radical (unpaired) electrons. The largest absolute Gasteiger partial charge is 0.574 e. The summed E-state index contributed by atoms with van der Waals surface area (Å²) in [6, 6.07) is 1.49. The second kappa shape index (κ2) is 10.9. The Bertz CT molecular complexity index is 1370. The van der Waals surface area contributed by atoms with E-state index in [1.165, 1.54) is 6.07 Å². The van der Waals surface area contributed by atoms with Gasteiger partial charge in [0, 0.05) is 52.5 Å². The van der Waals surface area contributed by atoms with Crippen molar-refractivity contribution in [3.05, 3.63) is 33.6 Å². The molecule has 43 heavy (non-hydrogen) atoms. The van der Waals surface area contributed by atoms with Crippen LogP contribution in [0.3, 0.4) is 0 Å². The Morgan fingerprint density at radius 3 is 2.47 bits per heavy atom. The van der Waals surface area contributed by atoms with Crippen LogP contribution in [0.4, 0.5) is 18.0 Å². The van der Waals surface area contributed by atoms with Crippen molar-refractivity contribution in [2.24, 2.45) is 34.5 Å². The standard InChI is InChI=1S/C32H40BrF3N2O5/c1-17-24(33)13-18(27(37-17)42-32(34,35)36)14-25(40)23-8-7-21-20-16-38(28(41)43-29(2,3)4)26-15-19(39)9-11-31(26,6)22(20)10-12-30(21,23)5/h13,15,20-23H,7-12,14,16H2,1-6H3/t20?,21?,22?,23-,30+,31-/m1/s1. The number of Topliss-reactive ketones (excluding diaryl/α,β-unsaturated/α-hetero) is 1. The molecule has 0 aromatic carbocycles. The first-order valence-corrected chi connectivity index (χ1v) is 15.8. The Hall–Kier alpha value is -2.43. The summed E-state index contributed by atoms with van der Waals surface area (Å²) in [5.74, 6) is -0.579. The number of rotatable bonds is 4. The number of hydrogen-bond acceptors (Lipinski definition) is 6. The molecular weight excluding hydrogens is 629 g/mol. The molecule has 236 valence electrons. The number of fused-ring (bicyclic) bond motifs is 5. The summed E-state index contributed by atoms with van der Waals surface area (Å²) in [5, 5.41) is 0. The van der Waals surface area contributed by atoms with E-state index in [0.717, 1.165) is 25.0 Å². The van der Waals surface area contributed by atoms with Gasteiger partial charge in [-0.15, -0.1) is 13.2 Å². The smallest absolute Gasteiger partial charge is 0.443 e. The number of amides is 1. The summed E-state index contributed by atoms with van der Waals surface area (Å²) in [7, 11) is 0. The van der Waals surface area contributed by atoms with Crippen molar-refractivity contribution in [1.29, 1.82) is 0 Å². The van der Waals surface area contributed by atoms with E-state index in [-0.39, 0.29) is 58.1 Å². The number of nitrogens with zero attached hydrogens (tertiary/aromatic N) is 2. The van der Waals surface area contributed by atoms with E-state index in [9.17, 15) is 27.6 Å². The van der Waals surface area contributed by atoms with E-state index >= 15 is 0 Å². The zero-order valence-electron chi connectivity index (χ0n) is 25.6. The maximum atomic E-state index is 13.9. The van der Waals surface area contributed by atoms with Crippen molar-refractivity contribution in [3.8, 4) is 5.88 Å². The predicted octanol–water partition coefficient (Wildman–Crippen LogP) is 7.73. The SMILES string of the molecule is Cc1nc(OC(F)(F)F)c(CC(=O)[C@H]2CCC3C4CN(C(=O)OC(C)(C)C)C5=CC(=O)CC[C@]5(C)C4CC[C@@]32C)cc1Br. The Morgan fingerprint density at radius 1 is 1.12 bits per heavy atom. The van der Waals surface area contributed by atoms with Crippen LogP contribution in [-0.4, -0.2) is 46.1 Å². The van der Waals surface area contributed by atoms with Crippen molar-refractivity contribution < 1.29 is 37.0 Å². The molecule has 4 aliphatic rings. The van der Waals surface area contributed by atoms with Gasteiger partial charge in [0.2, 0.25) is 5.88 Å². The molecule has 2 heterocycles. The normalized spacial score (nSPS) is 32.4. The number of aromatic nitrogens is 1. The minimum atomic E-state index is -4.93. The van der Waals surface area contributed by atoms with Crippen LogP contribution in [0.25, 0.3) is 0 Å². The van der Waals surface area contributed by atoms with E-state index < -0.39 is 23.9 Å². The molecule has 0 spiro atoms. The lowest BCUT2D eigenvalue weighted by Gasteiger charge is -2.60. The highest BCUT2D eigenvalue weighted by molar-refractivity contribution is 9.10. The van der Waals surface area contributed by atoms with Crippen LogP contribution in [0.5, 0.6) is 5.88 Å². The third-order valence-corrected chi connectivity index (χ3v) is 11.3. The van der Waals surface area contributed by atoms with Gasteiger partial charge in [-0.05, 0) is 105 Å². The number of allylic oxidation sites excluding steroid dienone is 2. The highest BCUT2D eigenvalue weighted by atomic mass is 79.9. The first-order chi connectivity index (χ1) is 19.8. The average molecular weight is 670 g/mol. The van der Waals surface area contributed by atoms with E-state index in [1.807, 2.05) is 20.8 Å². The van der Waals surface area contributed by atoms with Crippen LogP contribution >= 0.6 is 15.9 Å². The number of ketones is 2. The Kier molecular flexibility index (Phi) is 8.09. The van der Waals surface area contributed by atoms with Gasteiger partial charge in [0.25, 0.3) is 0 Å². The van der Waals surface area contributed by atoms with Crippen LogP contribution in [0, 0.1) is 41.4 Å². The highest BCUT2D eigenvalue weighted by Crippen LogP contribution is 2.65. The van der Waals surface area contributed by atoms with Gasteiger partial charge < -0.3 is 9.47 Å². The third kappa shape index (κ3) is 5.99. The minimum absolute atomic E-state index is 0.0118. The Morgan fingerprint density at radius 2 is 1.81 bits per heavy atom.